The zero-order valence-electron chi connectivity index (χ0n) is 11.3. The predicted molar refractivity (Wildman–Crippen MR) is 71.6 cm³/mol. The van der Waals surface area contributed by atoms with Crippen LogP contribution in [0.25, 0.3) is 6.08 Å². The van der Waals surface area contributed by atoms with Gasteiger partial charge in [-0.15, -0.1) is 0 Å². The number of ether oxygens (including phenoxy) is 2. The molecule has 2 atom stereocenters. The van der Waals surface area contributed by atoms with Crippen molar-refractivity contribution in [2.24, 2.45) is 0 Å². The van der Waals surface area contributed by atoms with E-state index in [9.17, 15) is 5.11 Å². The Morgan fingerprint density at radius 3 is 2.67 bits per heavy atom. The molecular formula is C15H20O3. The van der Waals surface area contributed by atoms with E-state index in [0.717, 1.165) is 16.9 Å². The summed E-state index contributed by atoms with van der Waals surface area (Å²) in [6.45, 7) is 5.77. The van der Waals surface area contributed by atoms with Gasteiger partial charge >= 0.3 is 0 Å². The van der Waals surface area contributed by atoms with E-state index in [4.69, 9.17) is 9.47 Å². The largest absolute Gasteiger partial charge is 0.483 e. The Hall–Kier alpha value is -1.32. The van der Waals surface area contributed by atoms with E-state index in [2.05, 4.69) is 6.08 Å². The molecule has 0 spiro atoms. The van der Waals surface area contributed by atoms with Crippen molar-refractivity contribution >= 4 is 6.08 Å². The van der Waals surface area contributed by atoms with Crippen molar-refractivity contribution in [3.63, 3.8) is 0 Å². The van der Waals surface area contributed by atoms with E-state index >= 15 is 0 Å². The van der Waals surface area contributed by atoms with Gasteiger partial charge in [0.2, 0.25) is 0 Å². The molecule has 0 amide bonds. The Kier molecular flexibility index (Phi) is 3.46. The summed E-state index contributed by atoms with van der Waals surface area (Å²) in [5, 5.41) is 9.68. The van der Waals surface area contributed by atoms with Crippen LogP contribution in [0.2, 0.25) is 0 Å². The molecule has 0 radical (unpaired) electrons. The molecule has 1 aromatic carbocycles. The van der Waals surface area contributed by atoms with Gasteiger partial charge < -0.3 is 14.6 Å². The number of methoxy groups -OCH3 is 1. The fourth-order valence-electron chi connectivity index (χ4n) is 2.19. The quantitative estimate of drug-likeness (QED) is 0.893. The third-order valence-electron chi connectivity index (χ3n) is 3.09. The van der Waals surface area contributed by atoms with Crippen molar-refractivity contribution in [1.29, 1.82) is 0 Å². The zero-order valence-corrected chi connectivity index (χ0v) is 11.3. The van der Waals surface area contributed by atoms with E-state index in [1.807, 2.05) is 38.1 Å². The van der Waals surface area contributed by atoms with Gasteiger partial charge in [0.1, 0.15) is 17.5 Å². The van der Waals surface area contributed by atoms with Gasteiger partial charge in [-0.2, -0.15) is 0 Å². The molecule has 1 aliphatic heterocycles. The van der Waals surface area contributed by atoms with Gasteiger partial charge in [-0.1, -0.05) is 12.1 Å². The minimum atomic E-state index is -0.544. The Bertz CT molecular complexity index is 461. The van der Waals surface area contributed by atoms with Crippen molar-refractivity contribution in [3.05, 3.63) is 35.4 Å². The Balaban J connectivity index is 2.34. The maximum atomic E-state index is 9.68. The van der Waals surface area contributed by atoms with Crippen molar-refractivity contribution in [3.8, 4) is 5.75 Å². The monoisotopic (exact) mass is 248 g/mol. The zero-order chi connectivity index (χ0) is 13.3. The molecule has 1 aromatic rings. The van der Waals surface area contributed by atoms with Crippen LogP contribution in [0.1, 0.15) is 38.0 Å². The molecule has 0 fully saturated rings. The van der Waals surface area contributed by atoms with Crippen LogP contribution in [-0.4, -0.2) is 23.9 Å². The summed E-state index contributed by atoms with van der Waals surface area (Å²) < 4.78 is 11.2. The first kappa shape index (κ1) is 13.1. The molecule has 1 N–H and O–H groups in total. The van der Waals surface area contributed by atoms with E-state index in [-0.39, 0.29) is 11.7 Å². The highest BCUT2D eigenvalue weighted by Gasteiger charge is 2.23. The second-order valence-corrected chi connectivity index (χ2v) is 5.23. The second-order valence-electron chi connectivity index (χ2n) is 5.23. The highest BCUT2D eigenvalue weighted by molar-refractivity contribution is 5.62. The number of hydrogen-bond donors (Lipinski definition) is 1. The van der Waals surface area contributed by atoms with Gasteiger partial charge in [0.25, 0.3) is 0 Å². The predicted octanol–water partition coefficient (Wildman–Crippen LogP) is 2.94. The third kappa shape index (κ3) is 2.57. The number of aliphatic hydroxyl groups is 1. The molecule has 18 heavy (non-hydrogen) atoms. The van der Waals surface area contributed by atoms with Crippen molar-refractivity contribution in [2.75, 3.05) is 7.11 Å². The third-order valence-corrected chi connectivity index (χ3v) is 3.09. The number of aliphatic hydroxyl groups excluding tert-OH is 1. The van der Waals surface area contributed by atoms with Gasteiger partial charge in [0.15, 0.2) is 0 Å². The Morgan fingerprint density at radius 1 is 1.33 bits per heavy atom. The number of benzene rings is 1. The Labute approximate surface area is 108 Å². The van der Waals surface area contributed by atoms with E-state index in [1.165, 1.54) is 0 Å². The van der Waals surface area contributed by atoms with Gasteiger partial charge in [0, 0.05) is 12.7 Å². The maximum absolute atomic E-state index is 9.68. The smallest absolute Gasteiger partial charge is 0.127 e. The molecule has 0 unspecified atom stereocenters. The average Bonchev–Trinajstić information content (AvgIpc) is 2.29. The lowest BCUT2D eigenvalue weighted by Crippen LogP contribution is -2.27. The lowest BCUT2D eigenvalue weighted by molar-refractivity contribution is -0.00355. The van der Waals surface area contributed by atoms with E-state index in [1.54, 1.807) is 14.0 Å². The van der Waals surface area contributed by atoms with Crippen LogP contribution in [0.15, 0.2) is 24.3 Å². The maximum Gasteiger partial charge on any atom is 0.127 e. The fraction of sp³-hybridized carbons (Fsp3) is 0.467. The first-order chi connectivity index (χ1) is 8.43. The summed E-state index contributed by atoms with van der Waals surface area (Å²) >= 11 is 0. The molecule has 0 aliphatic carbocycles. The van der Waals surface area contributed by atoms with Crippen LogP contribution >= 0.6 is 0 Å². The Morgan fingerprint density at radius 2 is 2.06 bits per heavy atom. The first-order valence-corrected chi connectivity index (χ1v) is 6.16. The van der Waals surface area contributed by atoms with Crippen LogP contribution in [0.5, 0.6) is 5.75 Å². The fourth-order valence-corrected chi connectivity index (χ4v) is 2.19. The molecule has 1 heterocycles. The van der Waals surface area contributed by atoms with Crippen LogP contribution < -0.4 is 4.74 Å². The standard InChI is InChI=1S/C15H20O3/c1-10(16)14(17-4)12-5-6-13-11(9-12)7-8-15(2,3)18-13/h5-10,14,16H,1-4H3/t10-,14+/m0/s1. The molecule has 0 saturated heterocycles. The summed E-state index contributed by atoms with van der Waals surface area (Å²) in [4.78, 5) is 0. The average molecular weight is 248 g/mol. The summed E-state index contributed by atoms with van der Waals surface area (Å²) in [5.41, 5.74) is 1.72. The van der Waals surface area contributed by atoms with Crippen molar-refractivity contribution in [2.45, 2.75) is 38.6 Å². The van der Waals surface area contributed by atoms with Crippen molar-refractivity contribution < 1.29 is 14.6 Å². The van der Waals surface area contributed by atoms with E-state index < -0.39 is 6.10 Å². The summed E-state index contributed by atoms with van der Waals surface area (Å²) in [6, 6.07) is 5.88. The molecule has 3 nitrogen and oxygen atoms in total. The van der Waals surface area contributed by atoms with Gasteiger partial charge in [0.05, 0.1) is 6.10 Å². The highest BCUT2D eigenvalue weighted by atomic mass is 16.5. The van der Waals surface area contributed by atoms with Crippen LogP contribution in [0.3, 0.4) is 0 Å². The molecule has 3 heteroatoms. The van der Waals surface area contributed by atoms with Gasteiger partial charge in [-0.05, 0) is 44.5 Å². The summed E-state index contributed by atoms with van der Waals surface area (Å²) in [6.07, 6.45) is 3.23. The van der Waals surface area contributed by atoms with Crippen molar-refractivity contribution in [1.82, 2.24) is 0 Å². The lowest BCUT2D eigenvalue weighted by Gasteiger charge is -2.28. The topological polar surface area (TPSA) is 38.7 Å². The highest BCUT2D eigenvalue weighted by Crippen LogP contribution is 2.33. The minimum absolute atomic E-state index is 0.264. The molecule has 2 rings (SSSR count). The molecule has 1 aliphatic rings. The number of fused-ring (bicyclic) bond motifs is 1. The van der Waals surface area contributed by atoms with Gasteiger partial charge in [-0.25, -0.2) is 0 Å². The summed E-state index contributed by atoms with van der Waals surface area (Å²) in [7, 11) is 1.60. The molecular weight excluding hydrogens is 228 g/mol. The molecule has 0 aromatic heterocycles. The van der Waals surface area contributed by atoms with Crippen LogP contribution in [0.4, 0.5) is 0 Å². The first-order valence-electron chi connectivity index (χ1n) is 6.16. The number of rotatable bonds is 3. The minimum Gasteiger partial charge on any atom is -0.483 e. The van der Waals surface area contributed by atoms with E-state index in [0.29, 0.717) is 0 Å². The summed E-state index contributed by atoms with van der Waals surface area (Å²) in [5.74, 6) is 0.867. The van der Waals surface area contributed by atoms with Gasteiger partial charge in [-0.3, -0.25) is 0 Å². The normalized spacial score (nSPS) is 19.8. The van der Waals surface area contributed by atoms with Crippen LogP contribution in [-0.2, 0) is 4.74 Å². The van der Waals surface area contributed by atoms with Crippen LogP contribution in [0, 0.1) is 0 Å². The molecule has 0 bridgehead atoms. The number of hydrogen-bond acceptors (Lipinski definition) is 3. The molecule has 0 saturated carbocycles. The SMILES string of the molecule is CO[C@@H](c1ccc2c(c1)C=CC(C)(C)O2)[C@H](C)O. The second kappa shape index (κ2) is 4.75. The molecule has 98 valence electrons. The lowest BCUT2D eigenvalue weighted by atomic mass is 9.98.